The summed E-state index contributed by atoms with van der Waals surface area (Å²) in [7, 11) is 1.96. The molecule has 2 aromatic heterocycles. The molecule has 5 nitrogen and oxygen atoms in total. The number of hydrogen-bond donors (Lipinski definition) is 2. The first-order valence-electron chi connectivity index (χ1n) is 6.71. The molecule has 1 atom stereocenters. The fraction of sp³-hybridized carbons (Fsp3) is 0.571. The summed E-state index contributed by atoms with van der Waals surface area (Å²) in [6.45, 7) is 9.03. The largest absolute Gasteiger partial charge is 0.342 e. The Hall–Kier alpha value is -1.62. The lowest BCUT2D eigenvalue weighted by Crippen LogP contribution is -2.19. The second-order valence-corrected chi connectivity index (χ2v) is 5.44. The Kier molecular flexibility index (Phi) is 3.75. The van der Waals surface area contributed by atoms with Crippen molar-refractivity contribution in [1.82, 2.24) is 19.7 Å². The van der Waals surface area contributed by atoms with Gasteiger partial charge < -0.3 is 10.7 Å². The van der Waals surface area contributed by atoms with Crippen LogP contribution in [0.1, 0.15) is 37.0 Å². The third-order valence-corrected chi connectivity index (χ3v) is 3.78. The molecule has 2 aromatic rings. The van der Waals surface area contributed by atoms with Crippen molar-refractivity contribution >= 4 is 0 Å². The summed E-state index contributed by atoms with van der Waals surface area (Å²) in [6.07, 6.45) is 1.89. The summed E-state index contributed by atoms with van der Waals surface area (Å²) in [5, 5.41) is 4.44. The third-order valence-electron chi connectivity index (χ3n) is 3.78. The molecule has 0 bridgehead atoms. The van der Waals surface area contributed by atoms with Crippen LogP contribution in [0.4, 0.5) is 0 Å². The quantitative estimate of drug-likeness (QED) is 0.885. The van der Waals surface area contributed by atoms with Crippen molar-refractivity contribution in [3.8, 4) is 11.3 Å². The Morgan fingerprint density at radius 3 is 2.53 bits per heavy atom. The minimum Gasteiger partial charge on any atom is -0.342 e. The van der Waals surface area contributed by atoms with Gasteiger partial charge in [-0.2, -0.15) is 5.10 Å². The molecule has 5 heteroatoms. The first-order chi connectivity index (χ1) is 8.95. The van der Waals surface area contributed by atoms with Crippen molar-refractivity contribution in [2.24, 2.45) is 18.7 Å². The van der Waals surface area contributed by atoms with Gasteiger partial charge in [0.2, 0.25) is 0 Å². The van der Waals surface area contributed by atoms with Crippen molar-refractivity contribution < 1.29 is 0 Å². The maximum Gasteiger partial charge on any atom is 0.111 e. The summed E-state index contributed by atoms with van der Waals surface area (Å²) >= 11 is 0. The molecule has 0 fully saturated rings. The smallest absolute Gasteiger partial charge is 0.111 e. The second-order valence-electron chi connectivity index (χ2n) is 5.44. The van der Waals surface area contributed by atoms with Gasteiger partial charge in [-0.15, -0.1) is 0 Å². The van der Waals surface area contributed by atoms with Crippen molar-refractivity contribution in [3.63, 3.8) is 0 Å². The number of nitrogens with two attached hydrogens (primary N) is 1. The van der Waals surface area contributed by atoms with E-state index < -0.39 is 0 Å². The highest BCUT2D eigenvalue weighted by Crippen LogP contribution is 2.28. The number of nitrogens with zero attached hydrogens (tertiary/aromatic N) is 3. The Morgan fingerprint density at radius 1 is 1.37 bits per heavy atom. The van der Waals surface area contributed by atoms with Crippen molar-refractivity contribution in [1.29, 1.82) is 0 Å². The Balaban J connectivity index is 2.41. The highest BCUT2D eigenvalue weighted by molar-refractivity contribution is 5.64. The van der Waals surface area contributed by atoms with Crippen LogP contribution in [-0.2, 0) is 7.05 Å². The standard InChI is InChI=1S/C14H23N5/c1-8(2)11(6-15)14-16-7-12(17-14)13-9(3)18-19(5)10(13)4/h7-8,11H,6,15H2,1-5H3,(H,16,17). The first-order valence-corrected chi connectivity index (χ1v) is 6.71. The van der Waals surface area contributed by atoms with E-state index >= 15 is 0 Å². The van der Waals surface area contributed by atoms with Crippen LogP contribution in [0.5, 0.6) is 0 Å². The van der Waals surface area contributed by atoms with E-state index in [-0.39, 0.29) is 5.92 Å². The van der Waals surface area contributed by atoms with Crippen LogP contribution in [0.25, 0.3) is 11.3 Å². The monoisotopic (exact) mass is 261 g/mol. The summed E-state index contributed by atoms with van der Waals surface area (Å²) in [5.74, 6) is 1.71. The van der Waals surface area contributed by atoms with Gasteiger partial charge >= 0.3 is 0 Å². The SMILES string of the molecule is Cc1nn(C)c(C)c1-c1cnc(C(CN)C(C)C)[nH]1. The van der Waals surface area contributed by atoms with Crippen LogP contribution in [0, 0.1) is 19.8 Å². The number of H-pyrrole nitrogens is 1. The molecule has 3 N–H and O–H groups in total. The molecule has 2 heterocycles. The molecule has 0 radical (unpaired) electrons. The van der Waals surface area contributed by atoms with Crippen LogP contribution < -0.4 is 5.73 Å². The van der Waals surface area contributed by atoms with Crippen LogP contribution >= 0.6 is 0 Å². The van der Waals surface area contributed by atoms with E-state index in [9.17, 15) is 0 Å². The molecule has 0 saturated heterocycles. The maximum absolute atomic E-state index is 5.84. The van der Waals surface area contributed by atoms with Gasteiger partial charge in [-0.25, -0.2) is 4.98 Å². The molecule has 0 aliphatic heterocycles. The average molecular weight is 261 g/mol. The number of imidazole rings is 1. The molecule has 19 heavy (non-hydrogen) atoms. The van der Waals surface area contributed by atoms with E-state index in [2.05, 4.69) is 35.8 Å². The van der Waals surface area contributed by atoms with Gasteiger partial charge in [0.15, 0.2) is 0 Å². The molecule has 2 rings (SSSR count). The van der Waals surface area contributed by atoms with Crippen LogP contribution in [-0.4, -0.2) is 26.3 Å². The topological polar surface area (TPSA) is 72.5 Å². The summed E-state index contributed by atoms with van der Waals surface area (Å²) in [4.78, 5) is 7.92. The molecule has 0 saturated carbocycles. The maximum atomic E-state index is 5.84. The van der Waals surface area contributed by atoms with E-state index in [1.807, 2.05) is 24.9 Å². The number of aromatic amines is 1. The summed E-state index contributed by atoms with van der Waals surface area (Å²) in [6, 6.07) is 0. The zero-order valence-corrected chi connectivity index (χ0v) is 12.4. The minimum atomic E-state index is 0.269. The van der Waals surface area contributed by atoms with Gasteiger partial charge in [0.25, 0.3) is 0 Å². The third kappa shape index (κ3) is 2.42. The lowest BCUT2D eigenvalue weighted by atomic mass is 9.95. The van der Waals surface area contributed by atoms with E-state index in [0.717, 1.165) is 28.5 Å². The molecule has 1 unspecified atom stereocenters. The minimum absolute atomic E-state index is 0.269. The molecule has 0 aliphatic carbocycles. The van der Waals surface area contributed by atoms with Gasteiger partial charge in [0.05, 0.1) is 17.6 Å². The summed E-state index contributed by atoms with van der Waals surface area (Å²) in [5.41, 5.74) is 10.2. The Labute approximate surface area is 114 Å². The summed E-state index contributed by atoms with van der Waals surface area (Å²) < 4.78 is 1.90. The molecule has 0 spiro atoms. The van der Waals surface area contributed by atoms with E-state index in [1.54, 1.807) is 0 Å². The van der Waals surface area contributed by atoms with Gasteiger partial charge in [0.1, 0.15) is 5.82 Å². The molecular weight excluding hydrogens is 238 g/mol. The van der Waals surface area contributed by atoms with Crippen molar-refractivity contribution in [2.45, 2.75) is 33.6 Å². The number of nitrogens with one attached hydrogen (secondary N) is 1. The van der Waals surface area contributed by atoms with E-state index in [1.165, 1.54) is 0 Å². The zero-order chi connectivity index (χ0) is 14.2. The predicted octanol–water partition coefficient (Wildman–Crippen LogP) is 2.13. The Morgan fingerprint density at radius 2 is 2.05 bits per heavy atom. The fourth-order valence-electron chi connectivity index (χ4n) is 2.52. The second kappa shape index (κ2) is 5.17. The normalized spacial score (nSPS) is 13.2. The highest BCUT2D eigenvalue weighted by atomic mass is 15.3. The average Bonchev–Trinajstić information content (AvgIpc) is 2.87. The molecular formula is C14H23N5. The first kappa shape index (κ1) is 13.8. The molecule has 0 amide bonds. The highest BCUT2D eigenvalue weighted by Gasteiger charge is 2.19. The van der Waals surface area contributed by atoms with Gasteiger partial charge in [-0.05, 0) is 19.8 Å². The van der Waals surface area contributed by atoms with Gasteiger partial charge in [-0.3, -0.25) is 4.68 Å². The van der Waals surface area contributed by atoms with Crippen LogP contribution in [0.2, 0.25) is 0 Å². The molecule has 0 aliphatic rings. The molecule has 0 aromatic carbocycles. The number of rotatable bonds is 4. The van der Waals surface area contributed by atoms with Crippen molar-refractivity contribution in [3.05, 3.63) is 23.4 Å². The number of aryl methyl sites for hydroxylation is 2. The Bertz CT molecular complexity index is 564. The lowest BCUT2D eigenvalue weighted by Gasteiger charge is -2.15. The van der Waals surface area contributed by atoms with Crippen LogP contribution in [0.15, 0.2) is 6.20 Å². The fourth-order valence-corrected chi connectivity index (χ4v) is 2.52. The van der Waals surface area contributed by atoms with E-state index in [4.69, 9.17) is 5.73 Å². The number of aromatic nitrogens is 4. The number of hydrogen-bond acceptors (Lipinski definition) is 3. The molecule has 104 valence electrons. The van der Waals surface area contributed by atoms with Crippen LogP contribution in [0.3, 0.4) is 0 Å². The van der Waals surface area contributed by atoms with Crippen molar-refractivity contribution in [2.75, 3.05) is 6.54 Å². The van der Waals surface area contributed by atoms with Gasteiger partial charge in [-0.1, -0.05) is 13.8 Å². The van der Waals surface area contributed by atoms with Gasteiger partial charge in [0, 0.05) is 30.8 Å². The zero-order valence-electron chi connectivity index (χ0n) is 12.4. The lowest BCUT2D eigenvalue weighted by molar-refractivity contribution is 0.487. The predicted molar refractivity (Wildman–Crippen MR) is 76.9 cm³/mol. The van der Waals surface area contributed by atoms with E-state index in [0.29, 0.717) is 12.5 Å².